The van der Waals surface area contributed by atoms with Crippen LogP contribution in [0, 0.1) is 0 Å². The van der Waals surface area contributed by atoms with Crippen LogP contribution in [0.3, 0.4) is 0 Å². The number of nitrogens with zero attached hydrogens (tertiary/aromatic N) is 2. The number of fused-ring (bicyclic) bond motifs is 3. The fourth-order valence-corrected chi connectivity index (χ4v) is 4.38. The molecule has 0 spiro atoms. The molecule has 2 bridgehead atoms. The van der Waals surface area contributed by atoms with Crippen LogP contribution < -0.4 is 4.74 Å². The molecule has 0 N–H and O–H groups in total. The predicted octanol–water partition coefficient (Wildman–Crippen LogP) is 3.30. The van der Waals surface area contributed by atoms with Gasteiger partial charge in [-0.3, -0.25) is 0 Å². The molecule has 2 fully saturated rings. The van der Waals surface area contributed by atoms with Crippen LogP contribution in [0.25, 0.3) is 10.2 Å². The summed E-state index contributed by atoms with van der Waals surface area (Å²) in [5.41, 5.74) is 1.05. The highest BCUT2D eigenvalue weighted by atomic mass is 32.1. The molecule has 2 aliphatic heterocycles. The quantitative estimate of drug-likeness (QED) is 0.840. The Hall–Kier alpha value is -1.13. The Kier molecular flexibility index (Phi) is 2.74. The second kappa shape index (κ2) is 4.46. The maximum absolute atomic E-state index is 6.15. The summed E-state index contributed by atoms with van der Waals surface area (Å²) in [6, 6.07) is 9.69. The van der Waals surface area contributed by atoms with Gasteiger partial charge in [0.1, 0.15) is 6.10 Å². The van der Waals surface area contributed by atoms with Crippen molar-refractivity contribution in [1.82, 2.24) is 9.88 Å². The van der Waals surface area contributed by atoms with Crippen LogP contribution in [0.5, 0.6) is 5.19 Å². The summed E-state index contributed by atoms with van der Waals surface area (Å²) in [6.45, 7) is 0. The van der Waals surface area contributed by atoms with E-state index in [4.69, 9.17) is 4.74 Å². The Balaban J connectivity index is 1.52. The summed E-state index contributed by atoms with van der Waals surface area (Å²) >= 11 is 1.67. The molecule has 0 aliphatic carbocycles. The first-order chi connectivity index (χ1) is 9.29. The van der Waals surface area contributed by atoms with Gasteiger partial charge in [0.15, 0.2) is 0 Å². The van der Waals surface area contributed by atoms with Crippen molar-refractivity contribution in [3.05, 3.63) is 24.3 Å². The molecule has 0 amide bonds. The highest BCUT2D eigenvalue weighted by Gasteiger charge is 2.39. The Morgan fingerprint density at radius 2 is 1.95 bits per heavy atom. The molecule has 1 aromatic carbocycles. The van der Waals surface area contributed by atoms with Gasteiger partial charge in [-0.1, -0.05) is 23.5 Å². The van der Waals surface area contributed by atoms with Gasteiger partial charge in [0.25, 0.3) is 5.19 Å². The summed E-state index contributed by atoms with van der Waals surface area (Å²) in [7, 11) is 2.26. The Labute approximate surface area is 117 Å². The topological polar surface area (TPSA) is 25.4 Å². The van der Waals surface area contributed by atoms with Crippen molar-refractivity contribution >= 4 is 21.6 Å². The molecule has 0 saturated carbocycles. The Morgan fingerprint density at radius 1 is 1.21 bits per heavy atom. The van der Waals surface area contributed by atoms with Gasteiger partial charge >= 0.3 is 0 Å². The third-order valence-corrected chi connectivity index (χ3v) is 5.52. The fraction of sp³-hybridized carbons (Fsp3) is 0.533. The lowest BCUT2D eigenvalue weighted by Gasteiger charge is -2.35. The van der Waals surface area contributed by atoms with E-state index in [1.165, 1.54) is 17.5 Å². The minimum absolute atomic E-state index is 0.356. The number of hydrogen-bond acceptors (Lipinski definition) is 4. The zero-order chi connectivity index (χ0) is 12.8. The third-order valence-electron chi connectivity index (χ3n) is 4.60. The first-order valence-electron chi connectivity index (χ1n) is 7.04. The van der Waals surface area contributed by atoms with Gasteiger partial charge in [-0.2, -0.15) is 0 Å². The van der Waals surface area contributed by atoms with Crippen LogP contribution >= 0.6 is 11.3 Å². The minimum atomic E-state index is 0.356. The number of aromatic nitrogens is 1. The lowest BCUT2D eigenvalue weighted by atomic mass is 10.0. The zero-order valence-electron chi connectivity index (χ0n) is 11.1. The van der Waals surface area contributed by atoms with Gasteiger partial charge in [0.05, 0.1) is 10.2 Å². The zero-order valence-corrected chi connectivity index (χ0v) is 11.9. The summed E-state index contributed by atoms with van der Waals surface area (Å²) < 4.78 is 7.37. The van der Waals surface area contributed by atoms with E-state index >= 15 is 0 Å². The fourth-order valence-electron chi connectivity index (χ4n) is 3.50. The summed E-state index contributed by atoms with van der Waals surface area (Å²) in [5.74, 6) is 0. The van der Waals surface area contributed by atoms with Crippen molar-refractivity contribution < 1.29 is 4.74 Å². The van der Waals surface area contributed by atoms with Crippen LogP contribution in [-0.4, -0.2) is 35.1 Å². The Bertz CT molecular complexity index is 550. The summed E-state index contributed by atoms with van der Waals surface area (Å²) in [5, 5.41) is 0.843. The van der Waals surface area contributed by atoms with E-state index in [0.717, 1.165) is 35.6 Å². The minimum Gasteiger partial charge on any atom is -0.467 e. The van der Waals surface area contributed by atoms with Gasteiger partial charge < -0.3 is 9.64 Å². The number of ether oxygens (including phenoxy) is 1. The third kappa shape index (κ3) is 2.03. The number of hydrogen-bond donors (Lipinski definition) is 0. The first-order valence-corrected chi connectivity index (χ1v) is 7.85. The molecule has 4 heteroatoms. The number of rotatable bonds is 2. The number of para-hydroxylation sites is 1. The van der Waals surface area contributed by atoms with Crippen LogP contribution in [0.15, 0.2) is 24.3 Å². The highest BCUT2D eigenvalue weighted by molar-refractivity contribution is 7.20. The highest BCUT2D eigenvalue weighted by Crippen LogP contribution is 2.37. The van der Waals surface area contributed by atoms with Crippen molar-refractivity contribution in [1.29, 1.82) is 0 Å². The molecule has 3 atom stereocenters. The summed E-state index contributed by atoms with van der Waals surface area (Å²) in [4.78, 5) is 7.12. The van der Waals surface area contributed by atoms with Crippen LogP contribution in [0.1, 0.15) is 25.7 Å². The van der Waals surface area contributed by atoms with E-state index in [1.807, 2.05) is 6.07 Å². The van der Waals surface area contributed by atoms with E-state index < -0.39 is 0 Å². The molecule has 1 aromatic heterocycles. The standard InChI is InChI=1S/C15H18N2OS/c1-17-10-6-7-11(17)9-12(8-10)18-15-16-13-4-2-3-5-14(13)19-15/h2-5,10-12H,6-9H2,1H3/t10-,11+,12-. The van der Waals surface area contributed by atoms with E-state index in [9.17, 15) is 0 Å². The number of benzene rings is 1. The van der Waals surface area contributed by atoms with Crippen molar-refractivity contribution in [2.45, 2.75) is 43.9 Å². The molecular formula is C15H18N2OS. The van der Waals surface area contributed by atoms with E-state index in [1.54, 1.807) is 11.3 Å². The van der Waals surface area contributed by atoms with Crippen molar-refractivity contribution in [3.63, 3.8) is 0 Å². The molecule has 19 heavy (non-hydrogen) atoms. The Morgan fingerprint density at radius 3 is 2.68 bits per heavy atom. The molecule has 100 valence electrons. The number of piperidine rings is 1. The van der Waals surface area contributed by atoms with E-state index in [2.05, 4.69) is 35.1 Å². The largest absolute Gasteiger partial charge is 0.467 e. The molecule has 0 unspecified atom stereocenters. The monoisotopic (exact) mass is 274 g/mol. The second-order valence-corrected chi connectivity index (χ2v) is 6.70. The smallest absolute Gasteiger partial charge is 0.274 e. The molecule has 3 nitrogen and oxygen atoms in total. The summed E-state index contributed by atoms with van der Waals surface area (Å²) in [6.07, 6.45) is 5.34. The van der Waals surface area contributed by atoms with Crippen LogP contribution in [-0.2, 0) is 0 Å². The molecule has 3 heterocycles. The van der Waals surface area contributed by atoms with Gasteiger partial charge in [-0.25, -0.2) is 4.98 Å². The predicted molar refractivity (Wildman–Crippen MR) is 77.8 cm³/mol. The van der Waals surface area contributed by atoms with Crippen molar-refractivity contribution in [3.8, 4) is 5.19 Å². The average Bonchev–Trinajstić information content (AvgIpc) is 2.87. The first kappa shape index (κ1) is 11.7. The lowest BCUT2D eigenvalue weighted by molar-refractivity contribution is 0.0661. The molecule has 0 radical (unpaired) electrons. The molecular weight excluding hydrogens is 256 g/mol. The van der Waals surface area contributed by atoms with Crippen LogP contribution in [0.2, 0.25) is 0 Å². The van der Waals surface area contributed by atoms with Crippen molar-refractivity contribution in [2.75, 3.05) is 7.05 Å². The SMILES string of the molecule is CN1[C@@H]2CC[C@H]1C[C@H](Oc1nc3ccccc3s1)C2. The van der Waals surface area contributed by atoms with E-state index in [0.29, 0.717) is 6.10 Å². The van der Waals surface area contributed by atoms with Gasteiger partial charge in [0, 0.05) is 12.1 Å². The second-order valence-electron chi connectivity index (χ2n) is 5.71. The van der Waals surface area contributed by atoms with Crippen molar-refractivity contribution in [2.24, 2.45) is 0 Å². The van der Waals surface area contributed by atoms with Crippen LogP contribution in [0.4, 0.5) is 0 Å². The maximum atomic E-state index is 6.15. The molecule has 2 saturated heterocycles. The van der Waals surface area contributed by atoms with Gasteiger partial charge in [-0.05, 0) is 44.9 Å². The lowest BCUT2D eigenvalue weighted by Crippen LogP contribution is -2.43. The van der Waals surface area contributed by atoms with Gasteiger partial charge in [0.2, 0.25) is 0 Å². The normalized spacial score (nSPS) is 30.9. The molecule has 2 aromatic rings. The maximum Gasteiger partial charge on any atom is 0.274 e. The van der Waals surface area contributed by atoms with Gasteiger partial charge in [-0.15, -0.1) is 0 Å². The molecule has 4 rings (SSSR count). The number of thiazole rings is 1. The van der Waals surface area contributed by atoms with E-state index in [-0.39, 0.29) is 0 Å². The molecule has 2 aliphatic rings. The average molecular weight is 274 g/mol.